The van der Waals surface area contributed by atoms with Gasteiger partial charge in [-0.3, -0.25) is 0 Å². The third kappa shape index (κ3) is 1.36. The molecule has 1 aromatic carbocycles. The van der Waals surface area contributed by atoms with Crippen LogP contribution in [0.25, 0.3) is 21.9 Å². The highest BCUT2D eigenvalue weighted by molar-refractivity contribution is 6.01. The van der Waals surface area contributed by atoms with Gasteiger partial charge in [-0.25, -0.2) is 0 Å². The number of fused-ring (bicyclic) bond motifs is 2. The molecule has 0 saturated heterocycles. The Morgan fingerprint density at radius 1 is 1.00 bits per heavy atom. The Hall–Kier alpha value is -2.21. The van der Waals surface area contributed by atoms with Crippen LogP contribution in [0.2, 0.25) is 0 Å². The van der Waals surface area contributed by atoms with Crippen LogP contribution in [0.1, 0.15) is 22.6 Å². The molecule has 3 heteroatoms. The lowest BCUT2D eigenvalue weighted by Gasteiger charge is -2.03. The molecule has 90 valence electrons. The number of aryl methyl sites for hydroxylation is 3. The Labute approximate surface area is 105 Å². The fourth-order valence-electron chi connectivity index (χ4n) is 2.53. The molecule has 3 aromatic rings. The third-order valence-corrected chi connectivity index (χ3v) is 3.31. The summed E-state index contributed by atoms with van der Waals surface area (Å²) in [7, 11) is 0. The van der Waals surface area contributed by atoms with Crippen LogP contribution in [0.3, 0.4) is 0 Å². The van der Waals surface area contributed by atoms with Gasteiger partial charge >= 0.3 is 0 Å². The van der Waals surface area contributed by atoms with Gasteiger partial charge in [0.15, 0.2) is 0 Å². The van der Waals surface area contributed by atoms with Gasteiger partial charge in [0, 0.05) is 21.9 Å². The Bertz CT molecular complexity index is 742. The van der Waals surface area contributed by atoms with E-state index in [-0.39, 0.29) is 0 Å². The predicted molar refractivity (Wildman–Crippen MR) is 69.5 cm³/mol. The van der Waals surface area contributed by atoms with E-state index >= 15 is 0 Å². The van der Waals surface area contributed by atoms with Crippen molar-refractivity contribution in [2.75, 3.05) is 0 Å². The Morgan fingerprint density at radius 3 is 2.28 bits per heavy atom. The van der Waals surface area contributed by atoms with Crippen molar-refractivity contribution in [1.29, 1.82) is 5.26 Å². The number of benzene rings is 1. The summed E-state index contributed by atoms with van der Waals surface area (Å²) in [5, 5.41) is 11.0. The van der Waals surface area contributed by atoms with E-state index in [0.29, 0.717) is 6.42 Å². The molecule has 0 N–H and O–H groups in total. The predicted octanol–water partition coefficient (Wildman–Crippen LogP) is 4.17. The fraction of sp³-hybridized carbons (Fsp3) is 0.267. The second-order valence-electron chi connectivity index (χ2n) is 4.64. The summed E-state index contributed by atoms with van der Waals surface area (Å²) >= 11 is 0. The molecule has 2 heterocycles. The van der Waals surface area contributed by atoms with E-state index < -0.39 is 0 Å². The van der Waals surface area contributed by atoms with Crippen molar-refractivity contribution in [3.63, 3.8) is 0 Å². The molecule has 0 fully saturated rings. The zero-order valence-corrected chi connectivity index (χ0v) is 10.6. The summed E-state index contributed by atoms with van der Waals surface area (Å²) in [5.74, 6) is 1.72. The largest absolute Gasteiger partial charge is 0.461 e. The molecule has 0 aliphatic carbocycles. The molecule has 0 aliphatic heterocycles. The van der Waals surface area contributed by atoms with Crippen LogP contribution < -0.4 is 0 Å². The lowest BCUT2D eigenvalue weighted by Crippen LogP contribution is -1.87. The van der Waals surface area contributed by atoms with Crippen LogP contribution in [0, 0.1) is 32.1 Å². The minimum atomic E-state index is 0.333. The van der Waals surface area contributed by atoms with Crippen LogP contribution in [-0.2, 0) is 6.42 Å². The SMILES string of the molecule is Cc1cc2c(CC#N)c3oc(C)cc3c(C)c2o1. The van der Waals surface area contributed by atoms with Gasteiger partial charge in [-0.2, -0.15) is 5.26 Å². The van der Waals surface area contributed by atoms with E-state index in [1.54, 1.807) is 0 Å². The first-order valence-corrected chi connectivity index (χ1v) is 5.90. The van der Waals surface area contributed by atoms with E-state index in [9.17, 15) is 0 Å². The van der Waals surface area contributed by atoms with Gasteiger partial charge in [0.1, 0.15) is 22.7 Å². The summed E-state index contributed by atoms with van der Waals surface area (Å²) < 4.78 is 11.5. The van der Waals surface area contributed by atoms with Gasteiger partial charge in [-0.15, -0.1) is 0 Å². The van der Waals surface area contributed by atoms with E-state index in [1.807, 2.05) is 32.9 Å². The molecule has 3 rings (SSSR count). The number of nitrogens with zero attached hydrogens (tertiary/aromatic N) is 1. The van der Waals surface area contributed by atoms with Gasteiger partial charge in [-0.05, 0) is 32.9 Å². The first-order chi connectivity index (χ1) is 8.61. The molecule has 3 nitrogen and oxygen atoms in total. The normalized spacial score (nSPS) is 11.2. The number of nitriles is 1. The molecule has 0 amide bonds. The van der Waals surface area contributed by atoms with E-state index in [4.69, 9.17) is 14.1 Å². The maximum atomic E-state index is 9.00. The zero-order valence-electron chi connectivity index (χ0n) is 10.6. The Kier molecular flexibility index (Phi) is 2.21. The number of furan rings is 2. The molecule has 0 radical (unpaired) electrons. The van der Waals surface area contributed by atoms with Crippen LogP contribution in [0.15, 0.2) is 21.0 Å². The van der Waals surface area contributed by atoms with E-state index in [1.165, 1.54) is 0 Å². The van der Waals surface area contributed by atoms with Crippen LogP contribution >= 0.6 is 0 Å². The molecule has 0 unspecified atom stereocenters. The molecule has 0 saturated carbocycles. The lowest BCUT2D eigenvalue weighted by molar-refractivity contribution is 0.572. The number of hydrogen-bond acceptors (Lipinski definition) is 3. The number of rotatable bonds is 1. The Balaban J connectivity index is 2.57. The van der Waals surface area contributed by atoms with E-state index in [2.05, 4.69) is 6.07 Å². The highest BCUT2D eigenvalue weighted by atomic mass is 16.3. The summed E-state index contributed by atoms with van der Waals surface area (Å²) in [6.07, 6.45) is 0.333. The fourth-order valence-corrected chi connectivity index (χ4v) is 2.53. The lowest BCUT2D eigenvalue weighted by atomic mass is 10.0. The highest BCUT2D eigenvalue weighted by Crippen LogP contribution is 2.36. The first kappa shape index (κ1) is 10.9. The second kappa shape index (κ2) is 3.64. The van der Waals surface area contributed by atoms with Gasteiger partial charge < -0.3 is 8.83 Å². The molecule has 0 spiro atoms. The van der Waals surface area contributed by atoms with Crippen molar-refractivity contribution in [2.45, 2.75) is 27.2 Å². The Morgan fingerprint density at radius 2 is 1.61 bits per heavy atom. The standard InChI is InChI=1S/C15H13NO2/c1-8-6-12-10(3)14-13(7-9(2)17-14)11(4-5-16)15(12)18-8/h6-7H,4H2,1-3H3. The maximum absolute atomic E-state index is 9.00. The van der Waals surface area contributed by atoms with Crippen molar-refractivity contribution >= 4 is 21.9 Å². The topological polar surface area (TPSA) is 50.1 Å². The minimum Gasteiger partial charge on any atom is -0.461 e. The molecular formula is C15H13NO2. The van der Waals surface area contributed by atoms with Gasteiger partial charge in [0.25, 0.3) is 0 Å². The summed E-state index contributed by atoms with van der Waals surface area (Å²) in [6, 6.07) is 6.19. The maximum Gasteiger partial charge on any atom is 0.139 e. The summed E-state index contributed by atoms with van der Waals surface area (Å²) in [4.78, 5) is 0. The molecule has 0 atom stereocenters. The number of hydrogen-bond donors (Lipinski definition) is 0. The van der Waals surface area contributed by atoms with Crippen molar-refractivity contribution in [2.24, 2.45) is 0 Å². The molecular weight excluding hydrogens is 226 g/mol. The quantitative estimate of drug-likeness (QED) is 0.640. The molecule has 0 aliphatic rings. The van der Waals surface area contributed by atoms with Crippen molar-refractivity contribution in [3.8, 4) is 6.07 Å². The van der Waals surface area contributed by atoms with Crippen LogP contribution in [-0.4, -0.2) is 0 Å². The third-order valence-electron chi connectivity index (χ3n) is 3.31. The van der Waals surface area contributed by atoms with Gasteiger partial charge in [0.05, 0.1) is 12.5 Å². The smallest absolute Gasteiger partial charge is 0.139 e. The summed E-state index contributed by atoms with van der Waals surface area (Å²) in [6.45, 7) is 5.87. The minimum absolute atomic E-state index is 0.333. The average molecular weight is 239 g/mol. The molecule has 18 heavy (non-hydrogen) atoms. The second-order valence-corrected chi connectivity index (χ2v) is 4.64. The monoisotopic (exact) mass is 239 g/mol. The van der Waals surface area contributed by atoms with Crippen molar-refractivity contribution in [3.05, 3.63) is 34.8 Å². The van der Waals surface area contributed by atoms with Crippen molar-refractivity contribution < 1.29 is 8.83 Å². The highest BCUT2D eigenvalue weighted by Gasteiger charge is 2.17. The van der Waals surface area contributed by atoms with Crippen molar-refractivity contribution in [1.82, 2.24) is 0 Å². The molecule has 2 aromatic heterocycles. The van der Waals surface area contributed by atoms with Crippen LogP contribution in [0.5, 0.6) is 0 Å². The van der Waals surface area contributed by atoms with Crippen LogP contribution in [0.4, 0.5) is 0 Å². The van der Waals surface area contributed by atoms with E-state index in [0.717, 1.165) is 44.6 Å². The van der Waals surface area contributed by atoms with Gasteiger partial charge in [0.2, 0.25) is 0 Å². The zero-order chi connectivity index (χ0) is 12.9. The van der Waals surface area contributed by atoms with Gasteiger partial charge in [-0.1, -0.05) is 0 Å². The summed E-state index contributed by atoms with van der Waals surface area (Å²) in [5.41, 5.74) is 3.69. The average Bonchev–Trinajstić information content (AvgIpc) is 2.88. The first-order valence-electron chi connectivity index (χ1n) is 5.90. The molecule has 0 bridgehead atoms.